The molecule has 1 aliphatic rings. The molecule has 0 bridgehead atoms. The van der Waals surface area contributed by atoms with Gasteiger partial charge in [0, 0.05) is 37.9 Å². The number of amides is 2. The Morgan fingerprint density at radius 3 is 2.51 bits per heavy atom. The maximum Gasteiger partial charge on any atom is 0.291 e. The van der Waals surface area contributed by atoms with Gasteiger partial charge in [0.1, 0.15) is 0 Å². The molecule has 0 unspecified atom stereocenters. The van der Waals surface area contributed by atoms with E-state index in [0.29, 0.717) is 37.5 Å². The van der Waals surface area contributed by atoms with Crippen LogP contribution in [-0.4, -0.2) is 77.3 Å². The van der Waals surface area contributed by atoms with Gasteiger partial charge in [-0.25, -0.2) is 9.37 Å². The molecule has 1 aliphatic heterocycles. The molecule has 2 heterocycles. The number of nitrogens with two attached hydrogens (primary N) is 1. The summed E-state index contributed by atoms with van der Waals surface area (Å²) in [6, 6.07) is 7.24. The van der Waals surface area contributed by atoms with E-state index in [4.69, 9.17) is 36.7 Å². The largest absolute Gasteiger partial charge is 0.494 e. The number of benzene rings is 2. The second-order valence-corrected chi connectivity index (χ2v) is 9.28. The number of nitrogens with one attached hydrogen (secondary N) is 1. The molecule has 1 aromatic heterocycles. The molecule has 220 valence electrons. The predicted octanol–water partition coefficient (Wildman–Crippen LogP) is 3.56. The Hall–Kier alpha value is -4.07. The first-order valence-corrected chi connectivity index (χ1v) is 12.9. The molecule has 11 nitrogen and oxygen atoms in total. The van der Waals surface area contributed by atoms with Gasteiger partial charge in [-0.2, -0.15) is 4.39 Å². The molecule has 14 heteroatoms. The number of anilines is 1. The summed E-state index contributed by atoms with van der Waals surface area (Å²) in [4.78, 5) is 40.0. The van der Waals surface area contributed by atoms with Crippen LogP contribution in [-0.2, 0) is 16.6 Å². The first kappa shape index (κ1) is 31.5. The van der Waals surface area contributed by atoms with Crippen LogP contribution in [0, 0.1) is 11.6 Å². The molecular formula is C27H30ClF2N5O6. The van der Waals surface area contributed by atoms with Crippen LogP contribution in [0.1, 0.15) is 33.8 Å². The zero-order valence-electron chi connectivity index (χ0n) is 22.4. The van der Waals surface area contributed by atoms with Gasteiger partial charge in [-0.05, 0) is 43.2 Å². The molecule has 0 radical (unpaired) electrons. The Labute approximate surface area is 239 Å². The summed E-state index contributed by atoms with van der Waals surface area (Å²) in [5, 5.41) is 9.75. The minimum Gasteiger partial charge on any atom is -0.494 e. The summed E-state index contributed by atoms with van der Waals surface area (Å²) < 4.78 is 40.6. The highest BCUT2D eigenvalue weighted by Gasteiger charge is 2.26. The summed E-state index contributed by atoms with van der Waals surface area (Å²) in [5.41, 5.74) is 6.27. The van der Waals surface area contributed by atoms with E-state index in [1.165, 1.54) is 43.1 Å². The Balaban J connectivity index is 0.00000147. The van der Waals surface area contributed by atoms with Crippen molar-refractivity contribution in [1.29, 1.82) is 0 Å². The minimum absolute atomic E-state index is 0.0355. The van der Waals surface area contributed by atoms with E-state index >= 15 is 0 Å². The van der Waals surface area contributed by atoms with Gasteiger partial charge in [0.05, 0.1) is 42.3 Å². The topological polar surface area (TPSA) is 149 Å². The van der Waals surface area contributed by atoms with E-state index in [1.54, 1.807) is 17.0 Å². The summed E-state index contributed by atoms with van der Waals surface area (Å²) in [6.45, 7) is 1.79. The second kappa shape index (κ2) is 14.5. The number of halogens is 3. The second-order valence-electron chi connectivity index (χ2n) is 8.87. The van der Waals surface area contributed by atoms with Gasteiger partial charge in [-0.15, -0.1) is 0 Å². The molecule has 1 fully saturated rings. The van der Waals surface area contributed by atoms with E-state index < -0.39 is 17.5 Å². The molecule has 41 heavy (non-hydrogen) atoms. The average Bonchev–Trinajstić information content (AvgIpc) is 3.34. The number of ether oxygens (including phenoxy) is 2. The van der Waals surface area contributed by atoms with Crippen LogP contribution in [0.15, 0.2) is 36.5 Å². The quantitative estimate of drug-likeness (QED) is 0.336. The van der Waals surface area contributed by atoms with Gasteiger partial charge in [0.25, 0.3) is 18.3 Å². The van der Waals surface area contributed by atoms with E-state index in [1.807, 2.05) is 0 Å². The third-order valence-corrected chi connectivity index (χ3v) is 6.70. The van der Waals surface area contributed by atoms with Gasteiger partial charge < -0.3 is 35.1 Å². The molecule has 0 atom stereocenters. The molecule has 3 aromatic rings. The van der Waals surface area contributed by atoms with Crippen molar-refractivity contribution >= 4 is 35.6 Å². The molecule has 0 spiro atoms. The number of rotatable bonds is 8. The van der Waals surface area contributed by atoms with Crippen LogP contribution in [0.5, 0.6) is 5.75 Å². The van der Waals surface area contributed by atoms with Crippen molar-refractivity contribution in [2.45, 2.75) is 18.9 Å². The Bertz CT molecular complexity index is 1390. The maximum absolute atomic E-state index is 14.6. The zero-order chi connectivity index (χ0) is 30.1. The van der Waals surface area contributed by atoms with Crippen LogP contribution in [0.4, 0.5) is 14.5 Å². The molecular weight excluding hydrogens is 564 g/mol. The fraction of sp³-hybridized carbons (Fsp3) is 0.333. The highest BCUT2D eigenvalue weighted by Crippen LogP contribution is 2.30. The van der Waals surface area contributed by atoms with Gasteiger partial charge in [-0.1, -0.05) is 11.6 Å². The Morgan fingerprint density at radius 1 is 1.22 bits per heavy atom. The molecule has 0 aliphatic carbocycles. The monoisotopic (exact) mass is 593 g/mol. The number of hydrogen-bond acceptors (Lipinski definition) is 7. The van der Waals surface area contributed by atoms with Crippen molar-refractivity contribution in [1.82, 2.24) is 14.5 Å². The fourth-order valence-electron chi connectivity index (χ4n) is 4.34. The lowest BCUT2D eigenvalue weighted by Crippen LogP contribution is -2.41. The van der Waals surface area contributed by atoms with Crippen molar-refractivity contribution in [2.75, 3.05) is 38.7 Å². The fourth-order valence-corrected chi connectivity index (χ4v) is 4.60. The predicted molar refractivity (Wildman–Crippen MR) is 147 cm³/mol. The van der Waals surface area contributed by atoms with Crippen LogP contribution in [0.25, 0.3) is 11.3 Å². The number of carbonyl (C=O) groups excluding carboxylic acids is 2. The lowest BCUT2D eigenvalue weighted by Gasteiger charge is -2.32. The number of aromatic nitrogens is 2. The van der Waals surface area contributed by atoms with Gasteiger partial charge in [0.15, 0.2) is 17.4 Å². The van der Waals surface area contributed by atoms with E-state index in [-0.39, 0.29) is 46.3 Å². The van der Waals surface area contributed by atoms with Crippen molar-refractivity contribution in [3.05, 3.63) is 64.6 Å². The third kappa shape index (κ3) is 7.37. The standard InChI is InChI=1S/C26H28ClF2N5O4.CH2O2/c1-33-20(18-5-6-21(37-2)23(29)22(18)28)14-31-24(33)25(35)32-15-3-4-17(19(27)13-15)26(36)34-10-7-16(8-11-34)38-12-9-30;2-1-3/h3-6,13-14,16H,7-12,30H2,1-2H3,(H,32,35);1H,(H,2,3). The normalized spacial score (nSPS) is 13.3. The highest BCUT2D eigenvalue weighted by molar-refractivity contribution is 6.34. The summed E-state index contributed by atoms with van der Waals surface area (Å²) in [7, 11) is 2.75. The number of imidazole rings is 1. The zero-order valence-corrected chi connectivity index (χ0v) is 23.2. The number of carbonyl (C=O) groups is 3. The number of carboxylic acid groups (broad SMARTS) is 1. The van der Waals surface area contributed by atoms with Crippen molar-refractivity contribution in [3.8, 4) is 17.0 Å². The van der Waals surface area contributed by atoms with E-state index in [0.717, 1.165) is 12.8 Å². The number of hydrogen-bond donors (Lipinski definition) is 3. The van der Waals surface area contributed by atoms with Crippen LogP contribution in [0.3, 0.4) is 0 Å². The van der Waals surface area contributed by atoms with Crippen molar-refractivity contribution in [2.24, 2.45) is 12.8 Å². The summed E-state index contributed by atoms with van der Waals surface area (Å²) in [6.07, 6.45) is 2.80. The van der Waals surface area contributed by atoms with Gasteiger partial charge in [0.2, 0.25) is 5.82 Å². The minimum atomic E-state index is -1.13. The Kier molecular flexibility index (Phi) is 11.1. The third-order valence-electron chi connectivity index (χ3n) is 6.39. The summed E-state index contributed by atoms with van der Waals surface area (Å²) >= 11 is 6.40. The number of piperidine rings is 1. The summed E-state index contributed by atoms with van der Waals surface area (Å²) in [5.74, 6) is -3.31. The molecule has 0 saturated carbocycles. The highest BCUT2D eigenvalue weighted by atomic mass is 35.5. The smallest absolute Gasteiger partial charge is 0.291 e. The van der Waals surface area contributed by atoms with Crippen molar-refractivity contribution < 1.29 is 37.7 Å². The number of methoxy groups -OCH3 is 1. The first-order chi connectivity index (χ1) is 19.7. The lowest BCUT2D eigenvalue weighted by atomic mass is 10.1. The van der Waals surface area contributed by atoms with Crippen molar-refractivity contribution in [3.63, 3.8) is 0 Å². The molecule has 2 amide bonds. The van der Waals surface area contributed by atoms with E-state index in [9.17, 15) is 18.4 Å². The first-order valence-electron chi connectivity index (χ1n) is 12.5. The van der Waals surface area contributed by atoms with Gasteiger partial charge in [-0.3, -0.25) is 14.4 Å². The lowest BCUT2D eigenvalue weighted by molar-refractivity contribution is -0.122. The number of likely N-dealkylation sites (tertiary alicyclic amines) is 1. The SMILES string of the molecule is COc1ccc(-c2cnc(C(=O)Nc3ccc(C(=O)N4CCC(OCCN)CC4)c(Cl)c3)n2C)c(F)c1F.O=CO. The van der Waals surface area contributed by atoms with Gasteiger partial charge >= 0.3 is 0 Å². The number of nitrogens with zero attached hydrogens (tertiary/aromatic N) is 3. The molecule has 2 aromatic carbocycles. The molecule has 1 saturated heterocycles. The average molecular weight is 594 g/mol. The van der Waals surface area contributed by atoms with Crippen LogP contribution in [0.2, 0.25) is 5.02 Å². The molecule has 4 rings (SSSR count). The van der Waals surface area contributed by atoms with E-state index in [2.05, 4.69) is 10.3 Å². The Morgan fingerprint density at radius 2 is 1.90 bits per heavy atom. The van der Waals surface area contributed by atoms with Crippen LogP contribution >= 0.6 is 11.6 Å². The molecule has 4 N–H and O–H groups in total. The van der Waals surface area contributed by atoms with Crippen LogP contribution < -0.4 is 15.8 Å². The maximum atomic E-state index is 14.6.